The summed E-state index contributed by atoms with van der Waals surface area (Å²) in [6.45, 7) is 3.80. The first-order valence-electron chi connectivity index (χ1n) is 10.7. The van der Waals surface area contributed by atoms with E-state index in [1.807, 2.05) is 37.2 Å². The second-order valence-corrected chi connectivity index (χ2v) is 8.03. The molecule has 0 aliphatic carbocycles. The predicted molar refractivity (Wildman–Crippen MR) is 125 cm³/mol. The van der Waals surface area contributed by atoms with Crippen molar-refractivity contribution in [1.82, 2.24) is 24.4 Å². The van der Waals surface area contributed by atoms with Gasteiger partial charge >= 0.3 is 0 Å². The highest BCUT2D eigenvalue weighted by atomic mass is 16.5. The summed E-state index contributed by atoms with van der Waals surface area (Å²) in [5.41, 5.74) is 2.89. The average molecular weight is 444 g/mol. The topological polar surface area (TPSA) is 90.0 Å². The number of piperazine rings is 1. The van der Waals surface area contributed by atoms with E-state index in [0.717, 1.165) is 23.5 Å². The van der Waals surface area contributed by atoms with Crippen LogP contribution in [0, 0.1) is 23.7 Å². The molecule has 1 aliphatic heterocycles. The minimum atomic E-state index is -0.274. The number of carbonyl (C=O) groups is 1. The monoisotopic (exact) mass is 443 g/mol. The highest BCUT2D eigenvalue weighted by molar-refractivity contribution is 5.93. The standard InChI is InChI=1S/C24H25N7O2/c1-4-23(32)30-9-7-29(8-10-30)22-6-5-18(15-26-22)21-13-20(33-12-11-28(2)3)17-31-24(21)19(14-25)16-27-31/h1,5-6,13,15-17H,7-12H2,2-3H3. The van der Waals surface area contributed by atoms with E-state index in [1.54, 1.807) is 28.0 Å². The van der Waals surface area contributed by atoms with Crippen molar-refractivity contribution in [3.63, 3.8) is 0 Å². The Labute approximate surface area is 192 Å². The van der Waals surface area contributed by atoms with Gasteiger partial charge in [-0.3, -0.25) is 4.79 Å². The molecule has 3 aromatic rings. The van der Waals surface area contributed by atoms with Gasteiger partial charge in [-0.2, -0.15) is 10.4 Å². The van der Waals surface area contributed by atoms with Crippen molar-refractivity contribution < 1.29 is 9.53 Å². The molecular formula is C24H25N7O2. The Balaban J connectivity index is 1.59. The molecule has 9 nitrogen and oxygen atoms in total. The zero-order valence-electron chi connectivity index (χ0n) is 18.7. The molecule has 0 spiro atoms. The molecule has 4 rings (SSSR count). The summed E-state index contributed by atoms with van der Waals surface area (Å²) in [5, 5.41) is 13.9. The smallest absolute Gasteiger partial charge is 0.298 e. The highest BCUT2D eigenvalue weighted by Crippen LogP contribution is 2.31. The molecule has 0 radical (unpaired) electrons. The lowest BCUT2D eigenvalue weighted by molar-refractivity contribution is -0.125. The van der Waals surface area contributed by atoms with Crippen LogP contribution in [0.1, 0.15) is 5.56 Å². The molecule has 0 unspecified atom stereocenters. The number of terminal acetylenes is 1. The molecule has 168 valence electrons. The largest absolute Gasteiger partial charge is 0.491 e. The van der Waals surface area contributed by atoms with Gasteiger partial charge < -0.3 is 19.4 Å². The van der Waals surface area contributed by atoms with Crippen LogP contribution in [0.25, 0.3) is 16.6 Å². The van der Waals surface area contributed by atoms with E-state index >= 15 is 0 Å². The number of carbonyl (C=O) groups excluding carboxylic acids is 1. The zero-order valence-corrected chi connectivity index (χ0v) is 18.7. The van der Waals surface area contributed by atoms with Crippen LogP contribution in [-0.2, 0) is 4.79 Å². The molecule has 1 aliphatic rings. The fraction of sp³-hybridized carbons (Fsp3) is 0.333. The summed E-state index contributed by atoms with van der Waals surface area (Å²) in [6, 6.07) is 8.07. The number of anilines is 1. The lowest BCUT2D eigenvalue weighted by Gasteiger charge is -2.34. The van der Waals surface area contributed by atoms with Crippen molar-refractivity contribution in [3.8, 4) is 35.3 Å². The second-order valence-electron chi connectivity index (χ2n) is 8.03. The number of amides is 1. The van der Waals surface area contributed by atoms with Crippen molar-refractivity contribution in [2.45, 2.75) is 0 Å². The quantitative estimate of drug-likeness (QED) is 0.533. The number of nitrogens with zero attached hydrogens (tertiary/aromatic N) is 7. The van der Waals surface area contributed by atoms with Crippen molar-refractivity contribution in [3.05, 3.63) is 42.4 Å². The SMILES string of the molecule is C#CC(=O)N1CCN(c2ccc(-c3cc(OCCN(C)C)cn4ncc(C#N)c34)cn2)CC1. The average Bonchev–Trinajstić information content (AvgIpc) is 3.26. The number of ether oxygens (including phenoxy) is 1. The fourth-order valence-electron chi connectivity index (χ4n) is 3.79. The van der Waals surface area contributed by atoms with E-state index in [-0.39, 0.29) is 5.91 Å². The maximum atomic E-state index is 11.7. The van der Waals surface area contributed by atoms with Crippen molar-refractivity contribution in [2.24, 2.45) is 0 Å². The molecule has 1 saturated heterocycles. The van der Waals surface area contributed by atoms with Crippen LogP contribution in [-0.4, -0.2) is 83.7 Å². The third kappa shape index (κ3) is 4.74. The normalized spacial score (nSPS) is 13.7. The first kappa shape index (κ1) is 22.1. The molecule has 0 saturated carbocycles. The maximum Gasteiger partial charge on any atom is 0.298 e. The van der Waals surface area contributed by atoms with E-state index in [2.05, 4.69) is 27.0 Å². The zero-order chi connectivity index (χ0) is 23.4. The van der Waals surface area contributed by atoms with Crippen LogP contribution in [0.5, 0.6) is 5.75 Å². The van der Waals surface area contributed by atoms with Gasteiger partial charge in [0.25, 0.3) is 5.91 Å². The van der Waals surface area contributed by atoms with Crippen molar-refractivity contribution >= 4 is 17.2 Å². The lowest BCUT2D eigenvalue weighted by Crippen LogP contribution is -2.48. The summed E-state index contributed by atoms with van der Waals surface area (Å²) in [6.07, 6.45) is 10.4. The van der Waals surface area contributed by atoms with Crippen LogP contribution in [0.4, 0.5) is 5.82 Å². The molecule has 9 heteroatoms. The van der Waals surface area contributed by atoms with Gasteiger partial charge in [0, 0.05) is 50.0 Å². The van der Waals surface area contributed by atoms with E-state index in [1.165, 1.54) is 0 Å². The van der Waals surface area contributed by atoms with Crippen LogP contribution < -0.4 is 9.64 Å². The molecule has 0 N–H and O–H groups in total. The van der Waals surface area contributed by atoms with E-state index < -0.39 is 0 Å². The number of fused-ring (bicyclic) bond motifs is 1. The Hall–Kier alpha value is -4.08. The van der Waals surface area contributed by atoms with Gasteiger partial charge in [-0.15, -0.1) is 6.42 Å². The number of likely N-dealkylation sites (N-methyl/N-ethyl adjacent to an activating group) is 1. The Morgan fingerprint density at radius 3 is 2.67 bits per heavy atom. The Kier molecular flexibility index (Phi) is 6.43. The van der Waals surface area contributed by atoms with Gasteiger partial charge in [0.2, 0.25) is 0 Å². The highest BCUT2D eigenvalue weighted by Gasteiger charge is 2.21. The Morgan fingerprint density at radius 2 is 2.03 bits per heavy atom. The third-order valence-corrected chi connectivity index (χ3v) is 5.59. The number of hydrogen-bond donors (Lipinski definition) is 0. The first-order chi connectivity index (χ1) is 16.0. The Bertz CT molecular complexity index is 1230. The molecule has 0 bridgehead atoms. The minimum Gasteiger partial charge on any atom is -0.491 e. The molecule has 4 heterocycles. The second kappa shape index (κ2) is 9.60. The van der Waals surface area contributed by atoms with Gasteiger partial charge in [0.1, 0.15) is 24.2 Å². The number of pyridine rings is 2. The summed E-state index contributed by atoms with van der Waals surface area (Å²) in [7, 11) is 3.98. The van der Waals surface area contributed by atoms with E-state index in [0.29, 0.717) is 49.6 Å². The molecule has 0 aromatic carbocycles. The van der Waals surface area contributed by atoms with E-state index in [9.17, 15) is 10.1 Å². The van der Waals surface area contributed by atoms with Gasteiger partial charge in [-0.1, -0.05) is 0 Å². The maximum absolute atomic E-state index is 11.7. The summed E-state index contributed by atoms with van der Waals surface area (Å²) in [5.74, 6) is 3.40. The van der Waals surface area contributed by atoms with Gasteiger partial charge in [0.05, 0.1) is 23.5 Å². The predicted octanol–water partition coefficient (Wildman–Crippen LogP) is 1.49. The molecule has 33 heavy (non-hydrogen) atoms. The number of rotatable bonds is 6. The minimum absolute atomic E-state index is 0.274. The molecular weight excluding hydrogens is 418 g/mol. The molecule has 1 amide bonds. The molecule has 3 aromatic heterocycles. The van der Waals surface area contributed by atoms with Crippen molar-refractivity contribution in [2.75, 3.05) is 58.3 Å². The van der Waals surface area contributed by atoms with Gasteiger partial charge in [0.15, 0.2) is 0 Å². The lowest BCUT2D eigenvalue weighted by atomic mass is 10.1. The van der Waals surface area contributed by atoms with Crippen LogP contribution in [0.2, 0.25) is 0 Å². The first-order valence-corrected chi connectivity index (χ1v) is 10.7. The Morgan fingerprint density at radius 1 is 1.24 bits per heavy atom. The molecule has 0 atom stereocenters. The van der Waals surface area contributed by atoms with Crippen LogP contribution in [0.15, 0.2) is 36.8 Å². The van der Waals surface area contributed by atoms with Gasteiger partial charge in [-0.05, 0) is 38.2 Å². The fourth-order valence-corrected chi connectivity index (χ4v) is 3.79. The number of hydrogen-bond acceptors (Lipinski definition) is 7. The summed E-state index contributed by atoms with van der Waals surface area (Å²) >= 11 is 0. The number of nitriles is 1. The summed E-state index contributed by atoms with van der Waals surface area (Å²) in [4.78, 5) is 22.2. The summed E-state index contributed by atoms with van der Waals surface area (Å²) < 4.78 is 7.60. The van der Waals surface area contributed by atoms with Crippen molar-refractivity contribution in [1.29, 1.82) is 5.26 Å². The molecule has 1 fully saturated rings. The van der Waals surface area contributed by atoms with Crippen LogP contribution in [0.3, 0.4) is 0 Å². The third-order valence-electron chi connectivity index (χ3n) is 5.59. The van der Waals surface area contributed by atoms with Gasteiger partial charge in [-0.25, -0.2) is 9.50 Å². The van der Waals surface area contributed by atoms with E-state index in [4.69, 9.17) is 11.2 Å². The number of aromatic nitrogens is 3. The van der Waals surface area contributed by atoms with Crippen LogP contribution >= 0.6 is 0 Å².